The fraction of sp³-hybridized carbons (Fsp3) is 0.542. The van der Waals surface area contributed by atoms with Crippen molar-refractivity contribution in [3.63, 3.8) is 0 Å². The quantitative estimate of drug-likeness (QED) is 0.670. The van der Waals surface area contributed by atoms with Crippen LogP contribution in [0.5, 0.6) is 0 Å². The zero-order valence-electron chi connectivity index (χ0n) is 17.6. The molecule has 2 aromatic heterocycles. The van der Waals surface area contributed by atoms with E-state index >= 15 is 0 Å². The lowest BCUT2D eigenvalue weighted by molar-refractivity contribution is 0.130. The van der Waals surface area contributed by atoms with Gasteiger partial charge < -0.3 is 9.47 Å². The molecule has 3 aromatic rings. The van der Waals surface area contributed by atoms with E-state index in [-0.39, 0.29) is 0 Å². The molecule has 0 amide bonds. The summed E-state index contributed by atoms with van der Waals surface area (Å²) in [6, 6.07) is 7.85. The Hall–Kier alpha value is -2.47. The van der Waals surface area contributed by atoms with E-state index in [0.717, 1.165) is 44.5 Å². The molecule has 1 atom stereocenters. The first-order chi connectivity index (χ1) is 14.8. The van der Waals surface area contributed by atoms with Gasteiger partial charge in [0.25, 0.3) is 0 Å². The Morgan fingerprint density at radius 2 is 1.90 bits per heavy atom. The second kappa shape index (κ2) is 7.65. The average molecular weight is 403 g/mol. The summed E-state index contributed by atoms with van der Waals surface area (Å²) < 4.78 is 2.48. The first-order valence-corrected chi connectivity index (χ1v) is 11.6. The third-order valence-corrected chi connectivity index (χ3v) is 7.44. The molecule has 6 nitrogen and oxygen atoms in total. The lowest BCUT2D eigenvalue weighted by Gasteiger charge is -2.36. The van der Waals surface area contributed by atoms with Crippen LogP contribution < -0.4 is 4.90 Å². The Kier molecular flexibility index (Phi) is 4.67. The van der Waals surface area contributed by atoms with Gasteiger partial charge in [-0.25, -0.2) is 9.97 Å². The van der Waals surface area contributed by atoms with E-state index in [2.05, 4.69) is 42.5 Å². The Bertz CT molecular complexity index is 1020. The van der Waals surface area contributed by atoms with Gasteiger partial charge >= 0.3 is 0 Å². The number of anilines is 1. The molecule has 3 aliphatic rings. The van der Waals surface area contributed by atoms with Gasteiger partial charge in [0, 0.05) is 63.5 Å². The van der Waals surface area contributed by atoms with Gasteiger partial charge in [-0.15, -0.1) is 0 Å². The summed E-state index contributed by atoms with van der Waals surface area (Å²) in [6.45, 7) is 5.48. The highest BCUT2D eigenvalue weighted by Gasteiger charge is 2.28. The van der Waals surface area contributed by atoms with Crippen LogP contribution in [-0.4, -0.2) is 56.6 Å². The molecule has 1 saturated carbocycles. The van der Waals surface area contributed by atoms with Gasteiger partial charge in [0.05, 0.1) is 17.2 Å². The Labute approximate surface area is 177 Å². The van der Waals surface area contributed by atoms with Crippen molar-refractivity contribution in [1.29, 1.82) is 0 Å². The molecule has 156 valence electrons. The first-order valence-electron chi connectivity index (χ1n) is 11.6. The van der Waals surface area contributed by atoms with Crippen LogP contribution in [0.25, 0.3) is 11.0 Å². The number of aromatic nitrogens is 4. The van der Waals surface area contributed by atoms with Crippen LogP contribution in [0.1, 0.15) is 49.4 Å². The van der Waals surface area contributed by atoms with E-state index in [1.54, 1.807) is 12.4 Å². The molecule has 2 aliphatic heterocycles. The van der Waals surface area contributed by atoms with Crippen LogP contribution >= 0.6 is 0 Å². The van der Waals surface area contributed by atoms with E-state index in [1.807, 2.05) is 6.20 Å². The number of rotatable bonds is 3. The fourth-order valence-corrected chi connectivity index (χ4v) is 5.50. The summed E-state index contributed by atoms with van der Waals surface area (Å²) >= 11 is 0. The lowest BCUT2D eigenvalue weighted by atomic mass is 9.90. The van der Waals surface area contributed by atoms with E-state index < -0.39 is 0 Å². The van der Waals surface area contributed by atoms with Gasteiger partial charge in [-0.3, -0.25) is 9.88 Å². The molecule has 0 N–H and O–H groups in total. The fourth-order valence-electron chi connectivity index (χ4n) is 5.50. The lowest BCUT2D eigenvalue weighted by Crippen LogP contribution is -2.41. The van der Waals surface area contributed by atoms with Gasteiger partial charge in [0.1, 0.15) is 11.6 Å². The first kappa shape index (κ1) is 18.3. The molecule has 0 spiro atoms. The summed E-state index contributed by atoms with van der Waals surface area (Å²) in [4.78, 5) is 18.9. The zero-order valence-corrected chi connectivity index (χ0v) is 17.6. The van der Waals surface area contributed by atoms with E-state index in [0.29, 0.717) is 5.92 Å². The molecule has 0 bridgehead atoms. The van der Waals surface area contributed by atoms with Crippen molar-refractivity contribution in [1.82, 2.24) is 24.4 Å². The minimum atomic E-state index is 0.528. The van der Waals surface area contributed by atoms with Crippen LogP contribution in [0, 0.1) is 0 Å². The molecular formula is C24H30N6. The maximum Gasteiger partial charge on any atom is 0.147 e. The van der Waals surface area contributed by atoms with Crippen molar-refractivity contribution in [3.8, 4) is 0 Å². The predicted octanol–water partition coefficient (Wildman–Crippen LogP) is 3.62. The minimum absolute atomic E-state index is 0.528. The zero-order chi connectivity index (χ0) is 19.9. The highest BCUT2D eigenvalue weighted by atomic mass is 15.2. The summed E-state index contributed by atoms with van der Waals surface area (Å²) in [6.07, 6.45) is 13.1. The molecule has 1 saturated heterocycles. The molecular weight excluding hydrogens is 372 g/mol. The predicted molar refractivity (Wildman–Crippen MR) is 119 cm³/mol. The maximum absolute atomic E-state index is 5.08. The summed E-state index contributed by atoms with van der Waals surface area (Å²) in [5, 5.41) is 0. The second-order valence-electron chi connectivity index (χ2n) is 9.15. The van der Waals surface area contributed by atoms with Gasteiger partial charge in [-0.2, -0.15) is 0 Å². The number of imidazole rings is 1. The minimum Gasteiger partial charge on any atom is -0.355 e. The molecule has 1 aliphatic carbocycles. The topological polar surface area (TPSA) is 50.1 Å². The third-order valence-electron chi connectivity index (χ3n) is 7.44. The third kappa shape index (κ3) is 3.27. The van der Waals surface area contributed by atoms with Gasteiger partial charge in [0.2, 0.25) is 0 Å². The molecule has 2 fully saturated rings. The van der Waals surface area contributed by atoms with Gasteiger partial charge in [-0.05, 0) is 43.4 Å². The maximum atomic E-state index is 5.08. The molecule has 0 radical (unpaired) electrons. The normalized spacial score (nSPS) is 23.2. The smallest absolute Gasteiger partial charge is 0.147 e. The van der Waals surface area contributed by atoms with Crippen molar-refractivity contribution >= 4 is 16.9 Å². The average Bonchev–Trinajstić information content (AvgIpc) is 2.99. The summed E-state index contributed by atoms with van der Waals surface area (Å²) in [5.41, 5.74) is 3.91. The number of fused-ring (bicyclic) bond motifs is 3. The van der Waals surface area contributed by atoms with Crippen LogP contribution in [-0.2, 0) is 13.0 Å². The van der Waals surface area contributed by atoms with Crippen LogP contribution in [0.3, 0.4) is 0 Å². The Morgan fingerprint density at radius 3 is 2.73 bits per heavy atom. The Morgan fingerprint density at radius 1 is 0.933 bits per heavy atom. The number of benzene rings is 1. The number of hydrogen-bond acceptors (Lipinski definition) is 5. The standard InChI is InChI=1S/C24H30N6/c1-4-20(5-1)28-12-8-23-27-21-15-18(6-7-22(21)30(23)14-13-28)19-3-2-11-29(17-19)24-16-25-9-10-26-24/h6-7,9-10,15-16,19-20H,1-5,8,11-14,17H2. The van der Waals surface area contributed by atoms with E-state index in [9.17, 15) is 0 Å². The largest absolute Gasteiger partial charge is 0.355 e. The number of hydrogen-bond donors (Lipinski definition) is 0. The molecule has 6 rings (SSSR count). The summed E-state index contributed by atoms with van der Waals surface area (Å²) in [7, 11) is 0. The van der Waals surface area contributed by atoms with Crippen molar-refractivity contribution in [2.24, 2.45) is 0 Å². The number of piperidine rings is 1. The summed E-state index contributed by atoms with van der Waals surface area (Å²) in [5.74, 6) is 2.79. The SMILES string of the molecule is c1cnc(N2CCCC(c3ccc4c(c3)nc3n4CCN(C4CCC4)CC3)C2)cn1. The van der Waals surface area contributed by atoms with Crippen LogP contribution in [0.15, 0.2) is 36.8 Å². The van der Waals surface area contributed by atoms with Gasteiger partial charge in [-0.1, -0.05) is 12.5 Å². The van der Waals surface area contributed by atoms with Crippen molar-refractivity contribution in [2.45, 2.75) is 57.0 Å². The molecule has 1 aromatic carbocycles. The molecule has 30 heavy (non-hydrogen) atoms. The van der Waals surface area contributed by atoms with Crippen LogP contribution in [0.4, 0.5) is 5.82 Å². The Balaban J connectivity index is 1.23. The molecule has 4 heterocycles. The highest BCUT2D eigenvalue weighted by Crippen LogP contribution is 2.32. The van der Waals surface area contributed by atoms with Crippen molar-refractivity contribution in [3.05, 3.63) is 48.2 Å². The van der Waals surface area contributed by atoms with E-state index in [4.69, 9.17) is 4.98 Å². The molecule has 6 heteroatoms. The van der Waals surface area contributed by atoms with Crippen molar-refractivity contribution < 1.29 is 0 Å². The van der Waals surface area contributed by atoms with Crippen LogP contribution in [0.2, 0.25) is 0 Å². The van der Waals surface area contributed by atoms with Gasteiger partial charge in [0.15, 0.2) is 0 Å². The highest BCUT2D eigenvalue weighted by molar-refractivity contribution is 5.77. The van der Waals surface area contributed by atoms with Crippen molar-refractivity contribution in [2.75, 3.05) is 31.1 Å². The number of nitrogens with zero attached hydrogens (tertiary/aromatic N) is 6. The van der Waals surface area contributed by atoms with E-state index in [1.165, 1.54) is 61.1 Å². The molecule has 1 unspecified atom stereocenters. The second-order valence-corrected chi connectivity index (χ2v) is 9.15. The monoisotopic (exact) mass is 402 g/mol.